The predicted molar refractivity (Wildman–Crippen MR) is 54.4 cm³/mol. The molecule has 1 fully saturated rings. The van der Waals surface area contributed by atoms with E-state index in [1.807, 2.05) is 0 Å². The molecule has 0 aromatic rings. The Hall–Kier alpha value is -0.300. The SMILES string of the molecule is CC[C@@H](O)C1=CC[C@H]2C[C@@H]1C2(C)C. The first-order valence-corrected chi connectivity index (χ1v) is 5.45. The molecule has 13 heavy (non-hydrogen) atoms. The van der Waals surface area contributed by atoms with E-state index in [-0.39, 0.29) is 6.10 Å². The predicted octanol–water partition coefficient (Wildman–Crippen LogP) is 2.75. The van der Waals surface area contributed by atoms with Crippen molar-refractivity contribution in [3.05, 3.63) is 11.6 Å². The average molecular weight is 180 g/mol. The minimum atomic E-state index is -0.175. The van der Waals surface area contributed by atoms with E-state index in [9.17, 15) is 5.11 Å². The Bertz CT molecular complexity index is 240. The highest BCUT2D eigenvalue weighted by atomic mass is 16.3. The lowest BCUT2D eigenvalue weighted by Crippen LogP contribution is -2.49. The standard InChI is InChI=1S/C12H20O/c1-4-11(13)9-6-5-8-7-10(9)12(8,2)3/h6,8,10-11,13H,4-5,7H2,1-3H3/t8-,10-,11+/m0/s1. The molecule has 74 valence electrons. The van der Waals surface area contributed by atoms with Crippen LogP contribution in [0.2, 0.25) is 0 Å². The van der Waals surface area contributed by atoms with Gasteiger partial charge in [-0.15, -0.1) is 0 Å². The van der Waals surface area contributed by atoms with Crippen LogP contribution in [-0.2, 0) is 0 Å². The summed E-state index contributed by atoms with van der Waals surface area (Å²) < 4.78 is 0. The zero-order chi connectivity index (χ0) is 9.64. The quantitative estimate of drug-likeness (QED) is 0.648. The second-order valence-corrected chi connectivity index (χ2v) is 5.17. The lowest BCUT2D eigenvalue weighted by molar-refractivity contribution is -0.0218. The molecular weight excluding hydrogens is 160 g/mol. The summed E-state index contributed by atoms with van der Waals surface area (Å²) >= 11 is 0. The van der Waals surface area contributed by atoms with Gasteiger partial charge in [0.15, 0.2) is 0 Å². The molecule has 3 atom stereocenters. The maximum absolute atomic E-state index is 9.84. The number of hydrogen-bond donors (Lipinski definition) is 1. The first kappa shape index (κ1) is 9.26. The van der Waals surface area contributed by atoms with Crippen LogP contribution in [0, 0.1) is 17.3 Å². The summed E-state index contributed by atoms with van der Waals surface area (Å²) in [7, 11) is 0. The molecule has 0 amide bonds. The Labute approximate surface area is 80.8 Å². The average Bonchev–Trinajstić information content (AvgIpc) is 2.16. The third kappa shape index (κ3) is 1.17. The highest BCUT2D eigenvalue weighted by molar-refractivity contribution is 5.25. The largest absolute Gasteiger partial charge is 0.389 e. The zero-order valence-corrected chi connectivity index (χ0v) is 8.88. The molecule has 3 aliphatic rings. The van der Waals surface area contributed by atoms with Crippen LogP contribution >= 0.6 is 0 Å². The Kier molecular flexibility index (Phi) is 2.03. The fourth-order valence-corrected chi connectivity index (χ4v) is 3.01. The molecule has 0 saturated heterocycles. The van der Waals surface area contributed by atoms with Crippen LogP contribution in [0.5, 0.6) is 0 Å². The van der Waals surface area contributed by atoms with Crippen molar-refractivity contribution in [2.45, 2.75) is 46.1 Å². The van der Waals surface area contributed by atoms with Gasteiger partial charge in [-0.05, 0) is 42.1 Å². The Morgan fingerprint density at radius 3 is 2.77 bits per heavy atom. The van der Waals surface area contributed by atoms with Crippen LogP contribution in [-0.4, -0.2) is 11.2 Å². The molecule has 0 spiro atoms. The van der Waals surface area contributed by atoms with Gasteiger partial charge >= 0.3 is 0 Å². The number of hydrogen-bond acceptors (Lipinski definition) is 1. The van der Waals surface area contributed by atoms with E-state index >= 15 is 0 Å². The maximum atomic E-state index is 9.84. The van der Waals surface area contributed by atoms with Crippen LogP contribution in [0.25, 0.3) is 0 Å². The molecule has 1 heteroatoms. The van der Waals surface area contributed by atoms with Gasteiger partial charge in [0.2, 0.25) is 0 Å². The smallest absolute Gasteiger partial charge is 0.0750 e. The Morgan fingerprint density at radius 1 is 1.62 bits per heavy atom. The molecule has 0 aromatic carbocycles. The number of aliphatic hydroxyl groups excluding tert-OH is 1. The van der Waals surface area contributed by atoms with Gasteiger partial charge in [-0.25, -0.2) is 0 Å². The van der Waals surface area contributed by atoms with E-state index in [0.29, 0.717) is 11.3 Å². The van der Waals surface area contributed by atoms with Crippen LogP contribution in [0.3, 0.4) is 0 Å². The monoisotopic (exact) mass is 180 g/mol. The van der Waals surface area contributed by atoms with Crippen LogP contribution in [0.15, 0.2) is 11.6 Å². The van der Waals surface area contributed by atoms with Gasteiger partial charge in [0, 0.05) is 0 Å². The Morgan fingerprint density at radius 2 is 2.31 bits per heavy atom. The van der Waals surface area contributed by atoms with Gasteiger partial charge in [-0.3, -0.25) is 0 Å². The summed E-state index contributed by atoms with van der Waals surface area (Å²) in [5, 5.41) is 9.84. The normalized spacial score (nSPS) is 37.7. The third-order valence-electron chi connectivity index (χ3n) is 4.28. The van der Waals surface area contributed by atoms with Crippen molar-refractivity contribution < 1.29 is 5.11 Å². The summed E-state index contributed by atoms with van der Waals surface area (Å²) in [6, 6.07) is 0. The van der Waals surface area contributed by atoms with E-state index in [0.717, 1.165) is 12.3 Å². The molecule has 0 aromatic heterocycles. The topological polar surface area (TPSA) is 20.2 Å². The molecule has 2 bridgehead atoms. The van der Waals surface area contributed by atoms with Gasteiger partial charge in [-0.2, -0.15) is 0 Å². The van der Waals surface area contributed by atoms with E-state index < -0.39 is 0 Å². The van der Waals surface area contributed by atoms with E-state index in [2.05, 4.69) is 26.8 Å². The van der Waals surface area contributed by atoms with Crippen molar-refractivity contribution in [2.24, 2.45) is 17.3 Å². The van der Waals surface area contributed by atoms with Gasteiger partial charge in [0.25, 0.3) is 0 Å². The van der Waals surface area contributed by atoms with Crippen molar-refractivity contribution in [1.82, 2.24) is 0 Å². The fourth-order valence-electron chi connectivity index (χ4n) is 3.01. The van der Waals surface area contributed by atoms with E-state index in [4.69, 9.17) is 0 Å². The molecule has 0 aliphatic heterocycles. The summed E-state index contributed by atoms with van der Waals surface area (Å²) in [4.78, 5) is 0. The number of rotatable bonds is 2. The van der Waals surface area contributed by atoms with Gasteiger partial charge in [0.05, 0.1) is 6.10 Å². The van der Waals surface area contributed by atoms with Crippen molar-refractivity contribution in [3.8, 4) is 0 Å². The van der Waals surface area contributed by atoms with Crippen LogP contribution in [0.4, 0.5) is 0 Å². The first-order valence-electron chi connectivity index (χ1n) is 5.45. The molecule has 0 radical (unpaired) electrons. The lowest BCUT2D eigenvalue weighted by Gasteiger charge is -2.57. The second kappa shape index (κ2) is 2.84. The zero-order valence-electron chi connectivity index (χ0n) is 8.88. The number of aliphatic hydroxyl groups is 1. The summed E-state index contributed by atoms with van der Waals surface area (Å²) in [5.74, 6) is 1.55. The molecule has 1 nitrogen and oxygen atoms in total. The first-order chi connectivity index (χ1) is 6.07. The summed E-state index contributed by atoms with van der Waals surface area (Å²) in [5.41, 5.74) is 1.79. The molecule has 0 unspecified atom stereocenters. The van der Waals surface area contributed by atoms with Gasteiger partial charge in [-0.1, -0.05) is 26.8 Å². The number of fused-ring (bicyclic) bond motifs is 1. The highest BCUT2D eigenvalue weighted by Gasteiger charge is 2.51. The fraction of sp³-hybridized carbons (Fsp3) is 0.833. The highest BCUT2D eigenvalue weighted by Crippen LogP contribution is 2.59. The van der Waals surface area contributed by atoms with Gasteiger partial charge < -0.3 is 5.11 Å². The summed E-state index contributed by atoms with van der Waals surface area (Å²) in [6.45, 7) is 6.76. The third-order valence-corrected chi connectivity index (χ3v) is 4.28. The van der Waals surface area contributed by atoms with Crippen molar-refractivity contribution in [1.29, 1.82) is 0 Å². The lowest BCUT2D eigenvalue weighted by atomic mass is 9.48. The van der Waals surface area contributed by atoms with Crippen molar-refractivity contribution >= 4 is 0 Å². The molecule has 3 rings (SSSR count). The maximum Gasteiger partial charge on any atom is 0.0750 e. The van der Waals surface area contributed by atoms with Crippen molar-refractivity contribution in [3.63, 3.8) is 0 Å². The van der Waals surface area contributed by atoms with Crippen molar-refractivity contribution in [2.75, 3.05) is 0 Å². The van der Waals surface area contributed by atoms with E-state index in [1.165, 1.54) is 18.4 Å². The summed E-state index contributed by atoms with van der Waals surface area (Å²) in [6.07, 6.45) is 5.48. The van der Waals surface area contributed by atoms with Crippen LogP contribution in [0.1, 0.15) is 40.0 Å². The molecule has 1 N–H and O–H groups in total. The number of allylic oxidation sites excluding steroid dienone is 1. The Balaban J connectivity index is 2.18. The second-order valence-electron chi connectivity index (χ2n) is 5.17. The molecule has 3 aliphatic carbocycles. The molecule has 0 heterocycles. The minimum Gasteiger partial charge on any atom is -0.389 e. The van der Waals surface area contributed by atoms with E-state index in [1.54, 1.807) is 0 Å². The van der Waals surface area contributed by atoms with Crippen LogP contribution < -0.4 is 0 Å². The van der Waals surface area contributed by atoms with Gasteiger partial charge in [0.1, 0.15) is 0 Å². The minimum absolute atomic E-state index is 0.175. The molecular formula is C12H20O. The molecule has 1 saturated carbocycles.